The minimum Gasteiger partial charge on any atom is -0.348 e. The fourth-order valence-electron chi connectivity index (χ4n) is 3.21. The van der Waals surface area contributed by atoms with Gasteiger partial charge in [0.15, 0.2) is 5.69 Å². The van der Waals surface area contributed by atoms with Crippen LogP contribution < -0.4 is 5.32 Å². The van der Waals surface area contributed by atoms with Crippen molar-refractivity contribution in [3.8, 4) is 0 Å². The number of aromatic nitrogens is 2. The van der Waals surface area contributed by atoms with Gasteiger partial charge < -0.3 is 10.2 Å². The predicted octanol–water partition coefficient (Wildman–Crippen LogP) is 2.13. The molecule has 1 aromatic heterocycles. The van der Waals surface area contributed by atoms with Gasteiger partial charge in [-0.2, -0.15) is 5.10 Å². The zero-order chi connectivity index (χ0) is 17.4. The van der Waals surface area contributed by atoms with Crippen molar-refractivity contribution in [2.24, 2.45) is 0 Å². The van der Waals surface area contributed by atoms with Crippen molar-refractivity contribution in [1.29, 1.82) is 0 Å². The Hall–Kier alpha value is -2.63. The Bertz CT molecular complexity index is 823. The number of hydrogen-bond donors (Lipinski definition) is 1. The summed E-state index contributed by atoms with van der Waals surface area (Å²) in [4.78, 5) is 27.0. The lowest BCUT2D eigenvalue weighted by atomic mass is 10.1. The molecule has 1 aliphatic heterocycles. The molecule has 4 rings (SSSR count). The number of fused-ring (bicyclic) bond motifs is 1. The first-order valence-electron chi connectivity index (χ1n) is 8.84. The van der Waals surface area contributed by atoms with Crippen LogP contribution >= 0.6 is 0 Å². The van der Waals surface area contributed by atoms with E-state index in [1.165, 1.54) is 5.56 Å². The smallest absolute Gasteiger partial charge is 0.272 e. The van der Waals surface area contributed by atoms with E-state index in [-0.39, 0.29) is 17.9 Å². The van der Waals surface area contributed by atoms with E-state index in [1.54, 1.807) is 10.7 Å². The zero-order valence-corrected chi connectivity index (χ0v) is 14.4. The van der Waals surface area contributed by atoms with Crippen LogP contribution in [0.1, 0.15) is 51.4 Å². The van der Waals surface area contributed by atoms with Gasteiger partial charge in [0.1, 0.15) is 5.69 Å². The van der Waals surface area contributed by atoms with Crippen molar-refractivity contribution in [1.82, 2.24) is 20.0 Å². The number of benzene rings is 1. The molecule has 1 N–H and O–H groups in total. The van der Waals surface area contributed by atoms with Gasteiger partial charge in [-0.15, -0.1) is 0 Å². The molecule has 2 amide bonds. The number of nitrogens with zero attached hydrogens (tertiary/aromatic N) is 3. The van der Waals surface area contributed by atoms with E-state index >= 15 is 0 Å². The molecule has 6 heteroatoms. The molecule has 2 aliphatic rings. The summed E-state index contributed by atoms with van der Waals surface area (Å²) in [7, 11) is 0. The number of rotatable bonds is 4. The number of carbonyl (C=O) groups excluding carboxylic acids is 2. The number of nitrogens with one attached hydrogen (secondary N) is 1. The summed E-state index contributed by atoms with van der Waals surface area (Å²) in [6.07, 6.45) is 2.89. The van der Waals surface area contributed by atoms with Gasteiger partial charge in [-0.3, -0.25) is 14.3 Å². The molecule has 1 aromatic carbocycles. The molecule has 1 saturated carbocycles. The van der Waals surface area contributed by atoms with Crippen LogP contribution in [0.5, 0.6) is 0 Å². The van der Waals surface area contributed by atoms with Crippen molar-refractivity contribution in [3.05, 3.63) is 52.8 Å². The van der Waals surface area contributed by atoms with Crippen molar-refractivity contribution in [2.75, 3.05) is 6.54 Å². The van der Waals surface area contributed by atoms with Crippen LogP contribution in [0.3, 0.4) is 0 Å². The fraction of sp³-hybridized carbons (Fsp3) is 0.421. The Balaban J connectivity index is 1.54. The van der Waals surface area contributed by atoms with E-state index in [2.05, 4.69) is 16.5 Å². The lowest BCUT2D eigenvalue weighted by Gasteiger charge is -2.20. The Morgan fingerprint density at radius 2 is 2.12 bits per heavy atom. The Kier molecular flexibility index (Phi) is 4.03. The van der Waals surface area contributed by atoms with Gasteiger partial charge in [-0.25, -0.2) is 0 Å². The number of aryl methyl sites for hydroxylation is 2. The van der Waals surface area contributed by atoms with E-state index < -0.39 is 0 Å². The van der Waals surface area contributed by atoms with E-state index in [1.807, 2.05) is 30.0 Å². The Morgan fingerprint density at radius 1 is 1.28 bits per heavy atom. The van der Waals surface area contributed by atoms with Gasteiger partial charge >= 0.3 is 0 Å². The highest BCUT2D eigenvalue weighted by molar-refractivity contribution is 5.98. The largest absolute Gasteiger partial charge is 0.348 e. The van der Waals surface area contributed by atoms with Crippen LogP contribution in [0, 0.1) is 6.92 Å². The lowest BCUT2D eigenvalue weighted by molar-refractivity contribution is 0.0745. The van der Waals surface area contributed by atoms with Crippen molar-refractivity contribution >= 4 is 11.8 Å². The average Bonchev–Trinajstić information content (AvgIpc) is 3.31. The topological polar surface area (TPSA) is 67.2 Å². The van der Waals surface area contributed by atoms with Crippen molar-refractivity contribution in [3.63, 3.8) is 0 Å². The summed E-state index contributed by atoms with van der Waals surface area (Å²) in [5.41, 5.74) is 3.15. The van der Waals surface area contributed by atoms with Crippen molar-refractivity contribution < 1.29 is 9.59 Å². The first-order valence-corrected chi connectivity index (χ1v) is 8.84. The van der Waals surface area contributed by atoms with Crippen LogP contribution in [0.15, 0.2) is 30.3 Å². The SMILES string of the molecule is Cc1cccc(CN2CCCn3nc(C(=O)NC4CC4)cc3C2=O)c1. The molecule has 0 saturated heterocycles. The highest BCUT2D eigenvalue weighted by atomic mass is 16.2. The van der Waals surface area contributed by atoms with Gasteiger partial charge in [0.2, 0.25) is 0 Å². The van der Waals surface area contributed by atoms with Gasteiger partial charge in [-0.1, -0.05) is 29.8 Å². The minimum absolute atomic E-state index is 0.0584. The number of hydrogen-bond acceptors (Lipinski definition) is 3. The standard InChI is InChI=1S/C19H22N4O2/c1-13-4-2-5-14(10-13)12-22-8-3-9-23-17(19(22)25)11-16(21-23)18(24)20-15-6-7-15/h2,4-5,10-11,15H,3,6-9,12H2,1H3,(H,20,24). The quantitative estimate of drug-likeness (QED) is 0.929. The Morgan fingerprint density at radius 3 is 2.88 bits per heavy atom. The van der Waals surface area contributed by atoms with Gasteiger partial charge in [0.25, 0.3) is 11.8 Å². The van der Waals surface area contributed by atoms with Gasteiger partial charge in [0.05, 0.1) is 0 Å². The zero-order valence-electron chi connectivity index (χ0n) is 14.4. The molecular formula is C19H22N4O2. The third-order valence-electron chi connectivity index (χ3n) is 4.69. The molecule has 130 valence electrons. The second-order valence-corrected chi connectivity index (χ2v) is 6.96. The molecular weight excluding hydrogens is 316 g/mol. The highest BCUT2D eigenvalue weighted by Gasteiger charge is 2.29. The highest BCUT2D eigenvalue weighted by Crippen LogP contribution is 2.20. The first kappa shape index (κ1) is 15.9. The lowest BCUT2D eigenvalue weighted by Crippen LogP contribution is -2.30. The van der Waals surface area contributed by atoms with E-state index in [9.17, 15) is 9.59 Å². The number of carbonyl (C=O) groups is 2. The average molecular weight is 338 g/mol. The maximum atomic E-state index is 12.9. The van der Waals surface area contributed by atoms with E-state index in [0.717, 1.165) is 24.8 Å². The molecule has 25 heavy (non-hydrogen) atoms. The minimum atomic E-state index is -0.180. The summed E-state index contributed by atoms with van der Waals surface area (Å²) in [6.45, 7) is 3.98. The van der Waals surface area contributed by atoms with Crippen LogP contribution in [0.4, 0.5) is 0 Å². The molecule has 1 fully saturated rings. The maximum Gasteiger partial charge on any atom is 0.272 e. The third-order valence-corrected chi connectivity index (χ3v) is 4.69. The first-order chi connectivity index (χ1) is 12.1. The molecule has 0 spiro atoms. The summed E-state index contributed by atoms with van der Waals surface area (Å²) < 4.78 is 1.68. The summed E-state index contributed by atoms with van der Waals surface area (Å²) in [5, 5.41) is 7.28. The molecule has 0 bridgehead atoms. The van der Waals surface area contributed by atoms with Crippen LogP contribution in [0.2, 0.25) is 0 Å². The van der Waals surface area contributed by atoms with Gasteiger partial charge in [-0.05, 0) is 31.7 Å². The summed E-state index contributed by atoms with van der Waals surface area (Å²) in [5.74, 6) is -0.238. The second kappa shape index (κ2) is 6.35. The fourth-order valence-corrected chi connectivity index (χ4v) is 3.21. The monoisotopic (exact) mass is 338 g/mol. The summed E-state index contributed by atoms with van der Waals surface area (Å²) in [6, 6.07) is 10.1. The molecule has 1 aliphatic carbocycles. The normalized spacial score (nSPS) is 17.2. The molecule has 0 radical (unpaired) electrons. The Labute approximate surface area is 146 Å². The molecule has 0 unspecified atom stereocenters. The van der Waals surface area contributed by atoms with Crippen LogP contribution in [-0.2, 0) is 13.1 Å². The van der Waals surface area contributed by atoms with Crippen molar-refractivity contribution in [2.45, 2.75) is 45.3 Å². The molecule has 0 atom stereocenters. The molecule has 2 aromatic rings. The summed E-state index contributed by atoms with van der Waals surface area (Å²) >= 11 is 0. The molecule has 6 nitrogen and oxygen atoms in total. The third kappa shape index (κ3) is 3.43. The maximum absolute atomic E-state index is 12.9. The van der Waals surface area contributed by atoms with E-state index in [0.29, 0.717) is 31.0 Å². The van der Waals surface area contributed by atoms with E-state index in [4.69, 9.17) is 0 Å². The predicted molar refractivity (Wildman–Crippen MR) is 93.3 cm³/mol. The molecule has 2 heterocycles. The van der Waals surface area contributed by atoms with Gasteiger partial charge in [0, 0.05) is 31.7 Å². The second-order valence-electron chi connectivity index (χ2n) is 6.96. The number of amides is 2. The van der Waals surface area contributed by atoms with Crippen LogP contribution in [0.25, 0.3) is 0 Å². The van der Waals surface area contributed by atoms with Crippen LogP contribution in [-0.4, -0.2) is 39.1 Å².